The molecule has 1 aromatic carbocycles. The Kier molecular flexibility index (Phi) is 2.45. The molecule has 0 saturated heterocycles. The summed E-state index contributed by atoms with van der Waals surface area (Å²) in [5.41, 5.74) is 5.39. The van der Waals surface area contributed by atoms with Crippen LogP contribution in [0.5, 0.6) is 0 Å². The number of anilines is 1. The van der Waals surface area contributed by atoms with Crippen molar-refractivity contribution < 1.29 is 0 Å². The average molecular weight is 265 g/mol. The Balaban J connectivity index is 1.97. The standard InChI is InChI=1S/C15H15N5/c1-10-7-8-14-17-18-15(20(14)19-10)12-4-2-6-13-11(12)5-3-9-16-13/h2,4,6-8,16H,3,5,9H2,1H3. The van der Waals surface area contributed by atoms with E-state index in [1.54, 1.807) is 0 Å². The van der Waals surface area contributed by atoms with E-state index in [4.69, 9.17) is 0 Å². The largest absolute Gasteiger partial charge is 0.385 e. The molecule has 0 fully saturated rings. The van der Waals surface area contributed by atoms with Crippen LogP contribution in [0.4, 0.5) is 5.69 Å². The summed E-state index contributed by atoms with van der Waals surface area (Å²) < 4.78 is 1.83. The van der Waals surface area contributed by atoms with Crippen molar-refractivity contribution in [2.75, 3.05) is 11.9 Å². The first-order chi connectivity index (χ1) is 9.83. The van der Waals surface area contributed by atoms with E-state index in [-0.39, 0.29) is 0 Å². The topological polar surface area (TPSA) is 55.1 Å². The second-order valence-corrected chi connectivity index (χ2v) is 5.13. The fourth-order valence-electron chi connectivity index (χ4n) is 2.77. The first-order valence-electron chi connectivity index (χ1n) is 6.88. The minimum atomic E-state index is 0.784. The van der Waals surface area contributed by atoms with Gasteiger partial charge in [-0.1, -0.05) is 12.1 Å². The molecule has 1 aliphatic rings. The molecule has 0 unspecified atom stereocenters. The lowest BCUT2D eigenvalue weighted by Gasteiger charge is -2.20. The highest BCUT2D eigenvalue weighted by Gasteiger charge is 2.17. The van der Waals surface area contributed by atoms with Gasteiger partial charge in [-0.2, -0.15) is 9.61 Å². The summed E-state index contributed by atoms with van der Waals surface area (Å²) in [6, 6.07) is 10.2. The Labute approximate surface area is 116 Å². The number of aromatic nitrogens is 4. The molecule has 3 aromatic rings. The highest BCUT2D eigenvalue weighted by atomic mass is 15.4. The van der Waals surface area contributed by atoms with E-state index < -0.39 is 0 Å². The van der Waals surface area contributed by atoms with Crippen molar-refractivity contribution in [3.63, 3.8) is 0 Å². The third kappa shape index (κ3) is 1.66. The van der Waals surface area contributed by atoms with Crippen LogP contribution in [0.25, 0.3) is 17.0 Å². The van der Waals surface area contributed by atoms with Gasteiger partial charge in [-0.15, -0.1) is 10.2 Å². The Morgan fingerprint density at radius 2 is 2.10 bits per heavy atom. The summed E-state index contributed by atoms with van der Waals surface area (Å²) in [4.78, 5) is 0. The van der Waals surface area contributed by atoms with Crippen molar-refractivity contribution in [1.82, 2.24) is 19.8 Å². The minimum Gasteiger partial charge on any atom is -0.385 e. The van der Waals surface area contributed by atoms with Gasteiger partial charge in [0.2, 0.25) is 0 Å². The molecule has 0 aliphatic carbocycles. The maximum absolute atomic E-state index is 4.53. The number of nitrogens with zero attached hydrogens (tertiary/aromatic N) is 4. The fourth-order valence-corrected chi connectivity index (χ4v) is 2.77. The van der Waals surface area contributed by atoms with E-state index in [9.17, 15) is 0 Å². The van der Waals surface area contributed by atoms with Gasteiger partial charge in [0.25, 0.3) is 0 Å². The zero-order chi connectivity index (χ0) is 13.5. The van der Waals surface area contributed by atoms with Crippen LogP contribution in [-0.2, 0) is 6.42 Å². The molecule has 20 heavy (non-hydrogen) atoms. The third-order valence-corrected chi connectivity index (χ3v) is 3.73. The molecule has 1 N–H and O–H groups in total. The average Bonchev–Trinajstić information content (AvgIpc) is 2.89. The SMILES string of the molecule is Cc1ccc2nnc(-c3cccc4c3CCCN4)n2n1. The van der Waals surface area contributed by atoms with Crippen molar-refractivity contribution in [2.24, 2.45) is 0 Å². The molecule has 0 bridgehead atoms. The van der Waals surface area contributed by atoms with E-state index in [0.29, 0.717) is 0 Å². The van der Waals surface area contributed by atoms with Crippen LogP contribution in [0.1, 0.15) is 17.7 Å². The van der Waals surface area contributed by atoms with Gasteiger partial charge in [0.1, 0.15) is 0 Å². The number of hydrogen-bond acceptors (Lipinski definition) is 4. The Bertz CT molecular complexity index is 790. The molecule has 0 atom stereocenters. The highest BCUT2D eigenvalue weighted by molar-refractivity contribution is 5.71. The van der Waals surface area contributed by atoms with E-state index in [1.807, 2.05) is 23.6 Å². The lowest BCUT2D eigenvalue weighted by molar-refractivity contribution is 0.827. The van der Waals surface area contributed by atoms with Crippen LogP contribution in [0.15, 0.2) is 30.3 Å². The van der Waals surface area contributed by atoms with E-state index in [0.717, 1.165) is 42.1 Å². The molecule has 0 saturated carbocycles. The van der Waals surface area contributed by atoms with Gasteiger partial charge in [0.05, 0.1) is 5.69 Å². The van der Waals surface area contributed by atoms with Gasteiger partial charge in [-0.3, -0.25) is 0 Å². The predicted octanol–water partition coefficient (Wildman–Crippen LogP) is 2.46. The molecule has 3 heterocycles. The Morgan fingerprint density at radius 1 is 1.15 bits per heavy atom. The van der Waals surface area contributed by atoms with Crippen LogP contribution in [0.3, 0.4) is 0 Å². The zero-order valence-corrected chi connectivity index (χ0v) is 11.3. The number of aryl methyl sites for hydroxylation is 1. The normalized spacial score (nSPS) is 14.1. The molecule has 1 aliphatic heterocycles. The minimum absolute atomic E-state index is 0.784. The quantitative estimate of drug-likeness (QED) is 0.734. The lowest BCUT2D eigenvalue weighted by atomic mass is 9.97. The Hall–Kier alpha value is -2.43. The second kappa shape index (κ2) is 4.30. The van der Waals surface area contributed by atoms with Gasteiger partial charge < -0.3 is 5.32 Å². The van der Waals surface area contributed by atoms with Gasteiger partial charge in [0, 0.05) is 17.8 Å². The zero-order valence-electron chi connectivity index (χ0n) is 11.3. The van der Waals surface area contributed by atoms with Crippen LogP contribution in [0.2, 0.25) is 0 Å². The molecule has 5 heteroatoms. The first-order valence-corrected chi connectivity index (χ1v) is 6.88. The van der Waals surface area contributed by atoms with Crippen molar-refractivity contribution in [2.45, 2.75) is 19.8 Å². The molecular formula is C15H15N5. The molecule has 0 amide bonds. The first kappa shape index (κ1) is 11.4. The molecule has 0 spiro atoms. The van der Waals surface area contributed by atoms with Gasteiger partial charge in [-0.05, 0) is 43.5 Å². The van der Waals surface area contributed by atoms with E-state index in [1.165, 1.54) is 11.3 Å². The van der Waals surface area contributed by atoms with Gasteiger partial charge in [-0.25, -0.2) is 0 Å². The number of fused-ring (bicyclic) bond motifs is 2. The second-order valence-electron chi connectivity index (χ2n) is 5.13. The van der Waals surface area contributed by atoms with E-state index in [2.05, 4.69) is 38.8 Å². The molecule has 2 aromatic heterocycles. The maximum atomic E-state index is 4.53. The van der Waals surface area contributed by atoms with Crippen LogP contribution < -0.4 is 5.32 Å². The van der Waals surface area contributed by atoms with E-state index >= 15 is 0 Å². The Morgan fingerprint density at radius 3 is 3.05 bits per heavy atom. The summed E-state index contributed by atoms with van der Waals surface area (Å²) in [7, 11) is 0. The van der Waals surface area contributed by atoms with Gasteiger partial charge in [0.15, 0.2) is 11.5 Å². The van der Waals surface area contributed by atoms with Crippen LogP contribution in [0, 0.1) is 6.92 Å². The summed E-state index contributed by atoms with van der Waals surface area (Å²) in [6.07, 6.45) is 2.21. The van der Waals surface area contributed by atoms with Gasteiger partial charge >= 0.3 is 0 Å². The summed E-state index contributed by atoms with van der Waals surface area (Å²) in [5.74, 6) is 0.823. The fraction of sp³-hybridized carbons (Fsp3) is 0.267. The number of hydrogen-bond donors (Lipinski definition) is 1. The molecular weight excluding hydrogens is 250 g/mol. The summed E-state index contributed by atoms with van der Waals surface area (Å²) >= 11 is 0. The number of rotatable bonds is 1. The van der Waals surface area contributed by atoms with Crippen molar-refractivity contribution >= 4 is 11.3 Å². The molecule has 5 nitrogen and oxygen atoms in total. The number of nitrogens with one attached hydrogen (secondary N) is 1. The molecule has 100 valence electrons. The van der Waals surface area contributed by atoms with Crippen molar-refractivity contribution in [1.29, 1.82) is 0 Å². The summed E-state index contributed by atoms with van der Waals surface area (Å²) in [5, 5.41) is 16.5. The van der Waals surface area contributed by atoms with Crippen LogP contribution >= 0.6 is 0 Å². The molecule has 4 rings (SSSR count). The van der Waals surface area contributed by atoms with Crippen molar-refractivity contribution in [3.05, 3.63) is 41.6 Å². The monoisotopic (exact) mass is 265 g/mol. The van der Waals surface area contributed by atoms with Crippen molar-refractivity contribution in [3.8, 4) is 11.4 Å². The third-order valence-electron chi connectivity index (χ3n) is 3.73. The smallest absolute Gasteiger partial charge is 0.185 e. The maximum Gasteiger partial charge on any atom is 0.185 e. The predicted molar refractivity (Wildman–Crippen MR) is 77.8 cm³/mol. The van der Waals surface area contributed by atoms with Crippen LogP contribution in [-0.4, -0.2) is 26.4 Å². The highest BCUT2D eigenvalue weighted by Crippen LogP contribution is 2.31. The molecule has 0 radical (unpaired) electrons. The lowest BCUT2D eigenvalue weighted by Crippen LogP contribution is -2.13. The summed E-state index contributed by atoms with van der Waals surface area (Å²) in [6.45, 7) is 3.01. The number of benzene rings is 1.